The molecule has 0 nitrogen and oxygen atoms in total. The topological polar surface area (TPSA) is 0 Å². The van der Waals surface area contributed by atoms with Crippen LogP contribution in [0.2, 0.25) is 0 Å². The molecule has 0 aliphatic carbocycles. The molecule has 160 valence electrons. The van der Waals surface area contributed by atoms with E-state index in [2.05, 4.69) is 12.1 Å². The maximum absolute atomic E-state index is 8.05. The van der Waals surface area contributed by atoms with E-state index >= 15 is 0 Å². The Morgan fingerprint density at radius 3 is 1.62 bits per heavy atom. The fraction of sp³-hybridized carbons (Fsp3) is 0.226. The number of hydrogen-bond acceptors (Lipinski definition) is 0. The van der Waals surface area contributed by atoms with Gasteiger partial charge < -0.3 is 0 Å². The minimum atomic E-state index is -2.33. The molecule has 0 atom stereocenters. The Hall–Kier alpha value is -2.58. The van der Waals surface area contributed by atoms with Gasteiger partial charge in [-0.15, -0.1) is 0 Å². The van der Waals surface area contributed by atoms with E-state index in [0.29, 0.717) is 12.8 Å². The molecule has 4 aromatic carbocycles. The standard InChI is InChI=1S/C31H32Ge/c1-22-10-23(2)12-26(11-22)17-27-13-24(3)14-28(18-27)19-29-15-25(4)16-30(20-29)21-32-31-8-6-5-7-9-31/h5-16,18,20H,17,19,21H2,1-4H3/i1D3,3D3,4D3. The molecule has 0 aliphatic rings. The molecule has 0 amide bonds. The Morgan fingerprint density at radius 2 is 1.03 bits per heavy atom. The first-order chi connectivity index (χ1) is 19.1. The summed E-state index contributed by atoms with van der Waals surface area (Å²) in [6.45, 7) is -4.97. The molecule has 0 saturated carbocycles. The van der Waals surface area contributed by atoms with Gasteiger partial charge in [0.2, 0.25) is 0 Å². The van der Waals surface area contributed by atoms with E-state index in [1.54, 1.807) is 36.4 Å². The van der Waals surface area contributed by atoms with Gasteiger partial charge in [0.15, 0.2) is 0 Å². The third-order valence-electron chi connectivity index (χ3n) is 5.33. The van der Waals surface area contributed by atoms with Crippen LogP contribution in [0.3, 0.4) is 0 Å². The Balaban J connectivity index is 1.69. The van der Waals surface area contributed by atoms with Gasteiger partial charge in [-0.25, -0.2) is 0 Å². The van der Waals surface area contributed by atoms with Crippen molar-refractivity contribution in [2.75, 3.05) is 0 Å². The molecule has 0 aliphatic heterocycles. The van der Waals surface area contributed by atoms with Crippen LogP contribution < -0.4 is 4.40 Å². The van der Waals surface area contributed by atoms with Gasteiger partial charge in [0.05, 0.1) is 0 Å². The molecular formula is C31H32Ge. The second-order valence-corrected chi connectivity index (χ2v) is 11.1. The first kappa shape index (κ1) is 13.9. The number of hydrogen-bond donors (Lipinski definition) is 0. The summed E-state index contributed by atoms with van der Waals surface area (Å²) in [6.07, 6.45) is 0.762. The van der Waals surface area contributed by atoms with Crippen molar-refractivity contribution >= 4 is 19.8 Å². The third-order valence-corrected chi connectivity index (χ3v) is 8.11. The number of aryl methyl sites for hydroxylation is 4. The van der Waals surface area contributed by atoms with Gasteiger partial charge in [0.25, 0.3) is 0 Å². The molecular weight excluding hydrogens is 445 g/mol. The van der Waals surface area contributed by atoms with Crippen molar-refractivity contribution in [3.8, 4) is 0 Å². The Bertz CT molecular complexity index is 1500. The predicted octanol–water partition coefficient (Wildman–Crippen LogP) is 6.63. The van der Waals surface area contributed by atoms with E-state index in [4.69, 9.17) is 12.3 Å². The average Bonchev–Trinajstić information content (AvgIpc) is 2.86. The third kappa shape index (κ3) is 6.46. The van der Waals surface area contributed by atoms with Crippen molar-refractivity contribution in [1.29, 1.82) is 0 Å². The van der Waals surface area contributed by atoms with Gasteiger partial charge in [-0.2, -0.15) is 0 Å². The average molecular weight is 486 g/mol. The zero-order valence-corrected chi connectivity index (χ0v) is 20.3. The SMILES string of the molecule is [2H]C([2H])([2H])c1cc(C)cc(Cc2cc(Cc3cc([CH2][Ge][c]4ccccc4)cc(C([2H])([2H])[2H])c3)cc(C([2H])([2H])[2H])c2)c1. The monoisotopic (exact) mass is 487 g/mol. The van der Waals surface area contributed by atoms with Crippen LogP contribution in [-0.2, 0) is 18.1 Å². The molecule has 2 radical (unpaired) electrons. The predicted molar refractivity (Wildman–Crippen MR) is 139 cm³/mol. The molecule has 0 fully saturated rings. The zero-order chi connectivity index (χ0) is 30.0. The van der Waals surface area contributed by atoms with Gasteiger partial charge in [0, 0.05) is 4.11 Å². The second-order valence-electron chi connectivity index (χ2n) is 8.36. The molecule has 32 heavy (non-hydrogen) atoms. The zero-order valence-electron chi connectivity index (χ0n) is 27.2. The molecule has 4 rings (SSSR count). The first-order valence-electron chi connectivity index (χ1n) is 15.2. The summed E-state index contributed by atoms with van der Waals surface area (Å²) in [5, 5.41) is 0.806. The van der Waals surface area contributed by atoms with E-state index in [1.807, 2.05) is 43.3 Å². The molecule has 0 saturated heterocycles. The fourth-order valence-corrected chi connectivity index (χ4v) is 6.31. The Labute approximate surface area is 212 Å². The van der Waals surface area contributed by atoms with Gasteiger partial charge in [0.1, 0.15) is 0 Å². The van der Waals surface area contributed by atoms with Crippen LogP contribution in [0.15, 0.2) is 84.9 Å². The summed E-state index contributed by atoms with van der Waals surface area (Å²) >= 11 is -0.495. The molecule has 0 aromatic heterocycles. The van der Waals surface area contributed by atoms with Gasteiger partial charge >= 0.3 is 189 Å². The molecule has 1 heteroatoms. The quantitative estimate of drug-likeness (QED) is 0.257. The fourth-order valence-electron chi connectivity index (χ4n) is 4.13. The van der Waals surface area contributed by atoms with Crippen LogP contribution in [0.25, 0.3) is 0 Å². The number of rotatable bonds is 7. The van der Waals surface area contributed by atoms with E-state index in [1.165, 1.54) is 4.40 Å². The number of benzene rings is 4. The summed E-state index contributed by atoms with van der Waals surface area (Å²) in [5.41, 5.74) is 5.70. The van der Waals surface area contributed by atoms with Crippen LogP contribution in [0.5, 0.6) is 0 Å². The van der Waals surface area contributed by atoms with Crippen LogP contribution in [0, 0.1) is 27.5 Å². The van der Waals surface area contributed by atoms with Gasteiger partial charge in [-0.05, 0) is 13.8 Å². The van der Waals surface area contributed by atoms with E-state index < -0.39 is 36.0 Å². The van der Waals surface area contributed by atoms with E-state index in [-0.39, 0.29) is 16.7 Å². The molecule has 0 bridgehead atoms. The van der Waals surface area contributed by atoms with Crippen LogP contribution in [-0.4, -0.2) is 15.4 Å². The van der Waals surface area contributed by atoms with Crippen molar-refractivity contribution < 1.29 is 12.3 Å². The summed E-state index contributed by atoms with van der Waals surface area (Å²) in [7, 11) is 0. The summed E-state index contributed by atoms with van der Waals surface area (Å²) in [6, 6.07) is 26.2. The van der Waals surface area contributed by atoms with Gasteiger partial charge in [-0.3, -0.25) is 0 Å². The molecule has 0 heterocycles. The first-order valence-corrected chi connectivity index (χ1v) is 13.3. The molecule has 0 N–H and O–H groups in total. The Morgan fingerprint density at radius 1 is 0.562 bits per heavy atom. The molecule has 0 spiro atoms. The van der Waals surface area contributed by atoms with Crippen molar-refractivity contribution in [3.63, 3.8) is 0 Å². The Kier molecular flexibility index (Phi) is 4.48. The van der Waals surface area contributed by atoms with E-state index in [0.717, 1.165) is 38.6 Å². The summed E-state index contributed by atoms with van der Waals surface area (Å²) in [5.74, 6) is 0. The van der Waals surface area contributed by atoms with E-state index in [9.17, 15) is 0 Å². The maximum atomic E-state index is 8.05. The molecule has 0 unspecified atom stereocenters. The summed E-state index contributed by atoms with van der Waals surface area (Å²) < 4.78 is 72.9. The van der Waals surface area contributed by atoms with Crippen LogP contribution in [0.4, 0.5) is 0 Å². The second kappa shape index (κ2) is 10.4. The van der Waals surface area contributed by atoms with Gasteiger partial charge in [-0.1, -0.05) is 6.07 Å². The van der Waals surface area contributed by atoms with Crippen LogP contribution in [0.1, 0.15) is 62.4 Å². The van der Waals surface area contributed by atoms with Crippen LogP contribution >= 0.6 is 0 Å². The molecule has 4 aromatic rings. The van der Waals surface area contributed by atoms with Crippen molar-refractivity contribution in [3.05, 3.63) is 135 Å². The van der Waals surface area contributed by atoms with Crippen molar-refractivity contribution in [1.82, 2.24) is 0 Å². The summed E-state index contributed by atoms with van der Waals surface area (Å²) in [4.78, 5) is 0. The normalized spacial score (nSPS) is 16.3. The van der Waals surface area contributed by atoms with Crippen molar-refractivity contribution in [2.24, 2.45) is 0 Å². The minimum absolute atomic E-state index is 0.205. The van der Waals surface area contributed by atoms with Crippen molar-refractivity contribution in [2.45, 2.75) is 45.6 Å².